The first kappa shape index (κ1) is 10.7. The van der Waals surface area contributed by atoms with Crippen molar-refractivity contribution >= 4 is 5.91 Å². The summed E-state index contributed by atoms with van der Waals surface area (Å²) in [4.78, 5) is 11.6. The molecule has 0 fully saturated rings. The number of hydrogen-bond acceptors (Lipinski definition) is 2. The second kappa shape index (κ2) is 4.77. The lowest BCUT2D eigenvalue weighted by Crippen LogP contribution is -2.35. The monoisotopic (exact) mass is 193 g/mol. The van der Waals surface area contributed by atoms with Gasteiger partial charge in [-0.05, 0) is 25.5 Å². The molecule has 0 saturated carbocycles. The number of rotatable bonds is 3. The fourth-order valence-corrected chi connectivity index (χ4v) is 1.17. The normalized spacial score (nSPS) is 12.2. The molecular formula is C11H15NO2. The van der Waals surface area contributed by atoms with Gasteiger partial charge >= 0.3 is 0 Å². The van der Waals surface area contributed by atoms with E-state index in [0.29, 0.717) is 5.56 Å². The summed E-state index contributed by atoms with van der Waals surface area (Å²) in [5.74, 6) is -0.135. The number of amides is 1. The largest absolute Gasteiger partial charge is 0.394 e. The summed E-state index contributed by atoms with van der Waals surface area (Å²) >= 11 is 0. The van der Waals surface area contributed by atoms with Gasteiger partial charge in [0.25, 0.3) is 5.91 Å². The molecule has 0 aliphatic carbocycles. The highest BCUT2D eigenvalue weighted by Gasteiger charge is 2.10. The molecule has 0 aliphatic heterocycles. The van der Waals surface area contributed by atoms with Crippen molar-refractivity contribution in [2.45, 2.75) is 19.9 Å². The molecule has 2 N–H and O–H groups in total. The first-order chi connectivity index (χ1) is 6.65. The van der Waals surface area contributed by atoms with Gasteiger partial charge in [-0.3, -0.25) is 4.79 Å². The summed E-state index contributed by atoms with van der Waals surface area (Å²) in [6.45, 7) is 3.60. The van der Waals surface area contributed by atoms with E-state index >= 15 is 0 Å². The van der Waals surface area contributed by atoms with Crippen LogP contribution in [0.4, 0.5) is 0 Å². The molecule has 1 amide bonds. The summed E-state index contributed by atoms with van der Waals surface area (Å²) in [5.41, 5.74) is 1.60. The zero-order valence-corrected chi connectivity index (χ0v) is 8.45. The van der Waals surface area contributed by atoms with Gasteiger partial charge in [0.15, 0.2) is 0 Å². The van der Waals surface area contributed by atoms with E-state index in [9.17, 15) is 4.79 Å². The first-order valence-electron chi connectivity index (χ1n) is 4.62. The molecule has 0 unspecified atom stereocenters. The van der Waals surface area contributed by atoms with Gasteiger partial charge in [0.2, 0.25) is 0 Å². The highest BCUT2D eigenvalue weighted by molar-refractivity contribution is 5.95. The quantitative estimate of drug-likeness (QED) is 0.755. The molecule has 1 aromatic rings. The summed E-state index contributed by atoms with van der Waals surface area (Å²) < 4.78 is 0. The summed E-state index contributed by atoms with van der Waals surface area (Å²) in [7, 11) is 0. The van der Waals surface area contributed by atoms with Crippen molar-refractivity contribution in [3.05, 3.63) is 35.4 Å². The van der Waals surface area contributed by atoms with Gasteiger partial charge in [0, 0.05) is 11.6 Å². The Morgan fingerprint density at radius 2 is 2.14 bits per heavy atom. The van der Waals surface area contributed by atoms with E-state index < -0.39 is 0 Å². The standard InChI is InChI=1S/C11H15NO2/c1-8-5-3-4-6-10(8)11(14)12-9(2)7-13/h3-6,9,13H,7H2,1-2H3,(H,12,14)/t9-/m1/s1. The zero-order valence-electron chi connectivity index (χ0n) is 8.45. The van der Waals surface area contributed by atoms with Crippen molar-refractivity contribution in [2.24, 2.45) is 0 Å². The van der Waals surface area contributed by atoms with Crippen LogP contribution < -0.4 is 5.32 Å². The van der Waals surface area contributed by atoms with Crippen molar-refractivity contribution in [1.82, 2.24) is 5.32 Å². The Labute approximate surface area is 83.8 Å². The van der Waals surface area contributed by atoms with Crippen LogP contribution in [0.2, 0.25) is 0 Å². The number of nitrogens with one attached hydrogen (secondary N) is 1. The Bertz CT molecular complexity index is 323. The van der Waals surface area contributed by atoms with Gasteiger partial charge in [0.05, 0.1) is 6.61 Å². The van der Waals surface area contributed by atoms with Gasteiger partial charge in [-0.15, -0.1) is 0 Å². The average Bonchev–Trinajstić information content (AvgIpc) is 2.18. The predicted octanol–water partition coefficient (Wildman–Crippen LogP) is 1.11. The third kappa shape index (κ3) is 2.57. The van der Waals surface area contributed by atoms with Crippen molar-refractivity contribution in [3.63, 3.8) is 0 Å². The molecule has 0 radical (unpaired) electrons. The van der Waals surface area contributed by atoms with Gasteiger partial charge in [-0.2, -0.15) is 0 Å². The number of aliphatic hydroxyl groups excluding tert-OH is 1. The molecule has 3 heteroatoms. The van der Waals surface area contributed by atoms with Crippen LogP contribution in [0.5, 0.6) is 0 Å². The predicted molar refractivity (Wildman–Crippen MR) is 55.2 cm³/mol. The van der Waals surface area contributed by atoms with Crippen LogP contribution in [0.15, 0.2) is 24.3 Å². The van der Waals surface area contributed by atoms with Gasteiger partial charge in [0.1, 0.15) is 0 Å². The molecule has 0 spiro atoms. The Balaban J connectivity index is 2.75. The summed E-state index contributed by atoms with van der Waals surface area (Å²) in [6.07, 6.45) is 0. The topological polar surface area (TPSA) is 49.3 Å². The van der Waals surface area contributed by atoms with E-state index in [1.807, 2.05) is 25.1 Å². The van der Waals surface area contributed by atoms with E-state index in [4.69, 9.17) is 5.11 Å². The lowest BCUT2D eigenvalue weighted by Gasteiger charge is -2.11. The maximum absolute atomic E-state index is 11.6. The van der Waals surface area contributed by atoms with Crippen molar-refractivity contribution in [1.29, 1.82) is 0 Å². The highest BCUT2D eigenvalue weighted by Crippen LogP contribution is 2.06. The number of benzene rings is 1. The molecular weight excluding hydrogens is 178 g/mol. The summed E-state index contributed by atoms with van der Waals surface area (Å²) in [6, 6.07) is 7.17. The van der Waals surface area contributed by atoms with Crippen molar-refractivity contribution in [3.8, 4) is 0 Å². The molecule has 1 rings (SSSR count). The number of hydrogen-bond donors (Lipinski definition) is 2. The minimum Gasteiger partial charge on any atom is -0.394 e. The zero-order chi connectivity index (χ0) is 10.6. The van der Waals surface area contributed by atoms with Crippen molar-refractivity contribution < 1.29 is 9.90 Å². The van der Waals surface area contributed by atoms with Gasteiger partial charge in [-0.1, -0.05) is 18.2 Å². The highest BCUT2D eigenvalue weighted by atomic mass is 16.3. The van der Waals surface area contributed by atoms with Crippen molar-refractivity contribution in [2.75, 3.05) is 6.61 Å². The summed E-state index contributed by atoms with van der Waals surface area (Å²) in [5, 5.41) is 11.5. The fourth-order valence-electron chi connectivity index (χ4n) is 1.17. The van der Waals surface area contributed by atoms with E-state index in [1.54, 1.807) is 13.0 Å². The second-order valence-electron chi connectivity index (χ2n) is 3.37. The molecule has 0 aliphatic rings. The van der Waals surface area contributed by atoms with E-state index in [0.717, 1.165) is 5.56 Å². The Morgan fingerprint density at radius 1 is 1.50 bits per heavy atom. The van der Waals surface area contributed by atoms with Crippen LogP contribution >= 0.6 is 0 Å². The molecule has 3 nitrogen and oxygen atoms in total. The maximum atomic E-state index is 11.6. The van der Waals surface area contributed by atoms with Gasteiger partial charge < -0.3 is 10.4 Å². The van der Waals surface area contributed by atoms with Crippen LogP contribution in [0.3, 0.4) is 0 Å². The first-order valence-corrected chi connectivity index (χ1v) is 4.62. The van der Waals surface area contributed by atoms with E-state index in [2.05, 4.69) is 5.32 Å². The molecule has 14 heavy (non-hydrogen) atoms. The number of carbonyl (C=O) groups is 1. The molecule has 0 aromatic heterocycles. The number of aliphatic hydroxyl groups is 1. The number of aryl methyl sites for hydroxylation is 1. The molecule has 0 bridgehead atoms. The SMILES string of the molecule is Cc1ccccc1C(=O)N[C@H](C)CO. The maximum Gasteiger partial charge on any atom is 0.251 e. The minimum absolute atomic E-state index is 0.0440. The van der Waals surface area contributed by atoms with Crippen LogP contribution in [-0.2, 0) is 0 Å². The van der Waals surface area contributed by atoms with Crippen LogP contribution in [0.1, 0.15) is 22.8 Å². The van der Waals surface area contributed by atoms with Crippen LogP contribution in [-0.4, -0.2) is 23.7 Å². The molecule has 0 saturated heterocycles. The second-order valence-corrected chi connectivity index (χ2v) is 3.37. The molecule has 0 heterocycles. The van der Waals surface area contributed by atoms with E-state index in [-0.39, 0.29) is 18.6 Å². The van der Waals surface area contributed by atoms with Crippen LogP contribution in [0.25, 0.3) is 0 Å². The third-order valence-corrected chi connectivity index (χ3v) is 2.04. The van der Waals surface area contributed by atoms with Gasteiger partial charge in [-0.25, -0.2) is 0 Å². The lowest BCUT2D eigenvalue weighted by molar-refractivity contribution is 0.0921. The van der Waals surface area contributed by atoms with Crippen LogP contribution in [0, 0.1) is 6.92 Å². The third-order valence-electron chi connectivity index (χ3n) is 2.04. The Kier molecular flexibility index (Phi) is 3.65. The lowest BCUT2D eigenvalue weighted by atomic mass is 10.1. The van der Waals surface area contributed by atoms with E-state index in [1.165, 1.54) is 0 Å². The molecule has 76 valence electrons. The Hall–Kier alpha value is -1.35. The minimum atomic E-state index is -0.206. The molecule has 1 atom stereocenters. The molecule has 1 aromatic carbocycles. The smallest absolute Gasteiger partial charge is 0.251 e. The number of carbonyl (C=O) groups excluding carboxylic acids is 1. The fraction of sp³-hybridized carbons (Fsp3) is 0.364. The Morgan fingerprint density at radius 3 is 2.71 bits per heavy atom. The average molecular weight is 193 g/mol.